The van der Waals surface area contributed by atoms with Crippen LogP contribution in [-0.2, 0) is 0 Å². The van der Waals surface area contributed by atoms with Crippen LogP contribution in [0, 0.1) is 20.8 Å². The molecule has 0 saturated heterocycles. The summed E-state index contributed by atoms with van der Waals surface area (Å²) in [4.78, 5) is 4.34. The fourth-order valence-electron chi connectivity index (χ4n) is 1.66. The predicted octanol–water partition coefficient (Wildman–Crippen LogP) is 2.51. The van der Waals surface area contributed by atoms with Crippen molar-refractivity contribution >= 4 is 5.82 Å². The first kappa shape index (κ1) is 11.5. The van der Waals surface area contributed by atoms with Crippen LogP contribution in [0.15, 0.2) is 18.2 Å². The van der Waals surface area contributed by atoms with Crippen molar-refractivity contribution in [3.8, 4) is 11.3 Å². The van der Waals surface area contributed by atoms with Crippen LogP contribution in [0.1, 0.15) is 17.0 Å². The molecule has 0 spiro atoms. The number of hydrogen-bond donors (Lipinski definition) is 1. The SMILES string of the molecule is CNc1nc(C)nnc1-c1ccc(C)c(C)c1. The Labute approximate surface area is 101 Å². The summed E-state index contributed by atoms with van der Waals surface area (Å²) in [5.74, 6) is 1.43. The summed E-state index contributed by atoms with van der Waals surface area (Å²) >= 11 is 0. The van der Waals surface area contributed by atoms with Crippen molar-refractivity contribution in [3.05, 3.63) is 35.2 Å². The van der Waals surface area contributed by atoms with Gasteiger partial charge < -0.3 is 5.32 Å². The summed E-state index contributed by atoms with van der Waals surface area (Å²) in [7, 11) is 1.84. The molecule has 88 valence electrons. The highest BCUT2D eigenvalue weighted by atomic mass is 15.2. The lowest BCUT2D eigenvalue weighted by atomic mass is 10.0. The molecule has 2 rings (SSSR count). The molecule has 0 radical (unpaired) electrons. The van der Waals surface area contributed by atoms with Gasteiger partial charge >= 0.3 is 0 Å². The Morgan fingerprint density at radius 1 is 1.00 bits per heavy atom. The van der Waals surface area contributed by atoms with E-state index in [0.717, 1.165) is 17.1 Å². The molecule has 4 heteroatoms. The third kappa shape index (κ3) is 2.25. The molecular formula is C13H16N4. The molecular weight excluding hydrogens is 212 g/mol. The fourth-order valence-corrected chi connectivity index (χ4v) is 1.66. The van der Waals surface area contributed by atoms with Crippen molar-refractivity contribution in [3.63, 3.8) is 0 Å². The van der Waals surface area contributed by atoms with E-state index in [1.54, 1.807) is 0 Å². The molecule has 0 aliphatic rings. The fraction of sp³-hybridized carbons (Fsp3) is 0.308. The van der Waals surface area contributed by atoms with E-state index in [-0.39, 0.29) is 0 Å². The molecule has 0 bridgehead atoms. The second-order valence-corrected chi connectivity index (χ2v) is 4.11. The number of hydrogen-bond acceptors (Lipinski definition) is 4. The minimum atomic E-state index is 0.668. The Kier molecular flexibility index (Phi) is 3.04. The zero-order valence-corrected chi connectivity index (χ0v) is 10.6. The number of nitrogens with one attached hydrogen (secondary N) is 1. The lowest BCUT2D eigenvalue weighted by Crippen LogP contribution is -2.02. The number of nitrogens with zero attached hydrogens (tertiary/aromatic N) is 3. The molecule has 0 amide bonds. The number of benzene rings is 1. The molecule has 0 fully saturated rings. The molecule has 1 aromatic heterocycles. The van der Waals surface area contributed by atoms with Gasteiger partial charge in [-0.3, -0.25) is 0 Å². The Morgan fingerprint density at radius 3 is 2.41 bits per heavy atom. The van der Waals surface area contributed by atoms with E-state index >= 15 is 0 Å². The van der Waals surface area contributed by atoms with Gasteiger partial charge in [-0.05, 0) is 38.0 Å². The van der Waals surface area contributed by atoms with Crippen LogP contribution in [0.3, 0.4) is 0 Å². The van der Waals surface area contributed by atoms with Gasteiger partial charge in [0.2, 0.25) is 0 Å². The van der Waals surface area contributed by atoms with Crippen LogP contribution in [0.25, 0.3) is 11.3 Å². The van der Waals surface area contributed by atoms with E-state index in [4.69, 9.17) is 0 Å². The highest BCUT2D eigenvalue weighted by molar-refractivity contribution is 5.71. The minimum Gasteiger partial charge on any atom is -0.371 e. The number of aromatic nitrogens is 3. The predicted molar refractivity (Wildman–Crippen MR) is 69.0 cm³/mol. The van der Waals surface area contributed by atoms with Gasteiger partial charge in [-0.2, -0.15) is 0 Å². The first-order valence-corrected chi connectivity index (χ1v) is 5.58. The number of aryl methyl sites for hydroxylation is 3. The lowest BCUT2D eigenvalue weighted by molar-refractivity contribution is 0.916. The van der Waals surface area contributed by atoms with Gasteiger partial charge in [-0.25, -0.2) is 4.98 Å². The molecule has 1 N–H and O–H groups in total. The highest BCUT2D eigenvalue weighted by Crippen LogP contribution is 2.24. The molecule has 1 aromatic carbocycles. The third-order valence-electron chi connectivity index (χ3n) is 2.81. The average Bonchev–Trinajstić information content (AvgIpc) is 2.32. The van der Waals surface area contributed by atoms with Gasteiger partial charge in [0.25, 0.3) is 0 Å². The standard InChI is InChI=1S/C13H16N4/c1-8-5-6-11(7-9(8)2)12-13(14-4)15-10(3)16-17-12/h5-7H,1-4H3,(H,14,15,16). The summed E-state index contributed by atoms with van der Waals surface area (Å²) in [6.07, 6.45) is 0. The van der Waals surface area contributed by atoms with Gasteiger partial charge in [0.15, 0.2) is 5.82 Å². The molecule has 17 heavy (non-hydrogen) atoms. The molecule has 0 saturated carbocycles. The maximum Gasteiger partial charge on any atom is 0.156 e. The molecule has 2 aromatic rings. The zero-order chi connectivity index (χ0) is 12.4. The van der Waals surface area contributed by atoms with E-state index in [9.17, 15) is 0 Å². The van der Waals surface area contributed by atoms with Crippen LogP contribution in [0.2, 0.25) is 0 Å². The van der Waals surface area contributed by atoms with Crippen molar-refractivity contribution in [2.75, 3.05) is 12.4 Å². The molecule has 0 aliphatic heterocycles. The first-order chi connectivity index (χ1) is 8.11. The average molecular weight is 228 g/mol. The van der Waals surface area contributed by atoms with Crippen LogP contribution in [0.5, 0.6) is 0 Å². The monoisotopic (exact) mass is 228 g/mol. The van der Waals surface area contributed by atoms with Crippen molar-refractivity contribution in [1.82, 2.24) is 15.2 Å². The second-order valence-electron chi connectivity index (χ2n) is 4.11. The van der Waals surface area contributed by atoms with E-state index < -0.39 is 0 Å². The Morgan fingerprint density at radius 2 is 1.76 bits per heavy atom. The normalized spacial score (nSPS) is 10.4. The van der Waals surface area contributed by atoms with E-state index in [0.29, 0.717) is 5.82 Å². The molecule has 0 atom stereocenters. The first-order valence-electron chi connectivity index (χ1n) is 5.58. The summed E-state index contributed by atoms with van der Waals surface area (Å²) in [6.45, 7) is 6.02. The summed E-state index contributed by atoms with van der Waals surface area (Å²) < 4.78 is 0. The number of anilines is 1. The van der Waals surface area contributed by atoms with Crippen LogP contribution in [0.4, 0.5) is 5.82 Å². The summed E-state index contributed by atoms with van der Waals surface area (Å²) in [6, 6.07) is 6.24. The maximum absolute atomic E-state index is 4.34. The van der Waals surface area contributed by atoms with Crippen LogP contribution in [-0.4, -0.2) is 22.2 Å². The van der Waals surface area contributed by atoms with Crippen LogP contribution >= 0.6 is 0 Å². The maximum atomic E-state index is 4.34. The van der Waals surface area contributed by atoms with Gasteiger partial charge in [0.05, 0.1) is 0 Å². The van der Waals surface area contributed by atoms with Gasteiger partial charge in [0, 0.05) is 12.6 Å². The number of rotatable bonds is 2. The molecule has 0 unspecified atom stereocenters. The second kappa shape index (κ2) is 4.49. The van der Waals surface area contributed by atoms with Crippen molar-refractivity contribution in [2.24, 2.45) is 0 Å². The highest BCUT2D eigenvalue weighted by Gasteiger charge is 2.09. The smallest absolute Gasteiger partial charge is 0.156 e. The van der Waals surface area contributed by atoms with E-state index in [1.165, 1.54) is 11.1 Å². The summed E-state index contributed by atoms with van der Waals surface area (Å²) in [5.41, 5.74) is 4.35. The lowest BCUT2D eigenvalue weighted by Gasteiger charge is -2.08. The van der Waals surface area contributed by atoms with Crippen molar-refractivity contribution < 1.29 is 0 Å². The molecule has 1 heterocycles. The molecule has 4 nitrogen and oxygen atoms in total. The molecule has 0 aliphatic carbocycles. The zero-order valence-electron chi connectivity index (χ0n) is 10.6. The Hall–Kier alpha value is -1.97. The van der Waals surface area contributed by atoms with Crippen molar-refractivity contribution in [1.29, 1.82) is 0 Å². The minimum absolute atomic E-state index is 0.668. The quantitative estimate of drug-likeness (QED) is 0.858. The van der Waals surface area contributed by atoms with E-state index in [1.807, 2.05) is 20.0 Å². The largest absolute Gasteiger partial charge is 0.371 e. The van der Waals surface area contributed by atoms with Gasteiger partial charge in [0.1, 0.15) is 11.5 Å². The van der Waals surface area contributed by atoms with Crippen molar-refractivity contribution in [2.45, 2.75) is 20.8 Å². The van der Waals surface area contributed by atoms with Gasteiger partial charge in [-0.1, -0.05) is 12.1 Å². The van der Waals surface area contributed by atoms with Gasteiger partial charge in [-0.15, -0.1) is 10.2 Å². The summed E-state index contributed by atoms with van der Waals surface area (Å²) in [5, 5.41) is 11.3. The topological polar surface area (TPSA) is 50.7 Å². The third-order valence-corrected chi connectivity index (χ3v) is 2.81. The Balaban J connectivity index is 2.55. The van der Waals surface area contributed by atoms with Crippen LogP contribution < -0.4 is 5.32 Å². The van der Waals surface area contributed by atoms with E-state index in [2.05, 4.69) is 46.5 Å². The Bertz CT molecular complexity index is 549.